The lowest BCUT2D eigenvalue weighted by Crippen LogP contribution is -2.27. The first-order chi connectivity index (χ1) is 9.54. The molecule has 2 aromatic rings. The second-order valence-corrected chi connectivity index (χ2v) is 5.24. The maximum atomic E-state index is 13.4. The molecule has 0 aliphatic heterocycles. The molecule has 2 rings (SSSR count). The molecule has 0 saturated heterocycles. The van der Waals surface area contributed by atoms with Crippen molar-refractivity contribution in [3.8, 4) is 0 Å². The van der Waals surface area contributed by atoms with Gasteiger partial charge in [0.05, 0.1) is 0 Å². The first-order valence-corrected chi connectivity index (χ1v) is 6.88. The second-order valence-electron chi connectivity index (χ2n) is 4.40. The van der Waals surface area contributed by atoms with Crippen molar-refractivity contribution in [2.45, 2.75) is 13.5 Å². The Kier molecular flexibility index (Phi) is 4.93. The Morgan fingerprint density at radius 1 is 1.20 bits per heavy atom. The standard InChI is InChI=1S/C15H14ClFN2S/c1-10-2-7-13(8-14(10)17)19-15(20)18-9-11-3-5-12(16)6-4-11/h2-8H,9H2,1H3,(H2,18,19,20). The van der Waals surface area contributed by atoms with E-state index < -0.39 is 0 Å². The molecule has 2 aromatic carbocycles. The van der Waals surface area contributed by atoms with E-state index in [4.69, 9.17) is 23.8 Å². The molecule has 0 saturated carbocycles. The van der Waals surface area contributed by atoms with Crippen LogP contribution in [0.3, 0.4) is 0 Å². The predicted octanol–water partition coefficient (Wildman–Crippen LogP) is 4.27. The molecule has 0 aliphatic carbocycles. The Morgan fingerprint density at radius 2 is 1.90 bits per heavy atom. The molecule has 2 N–H and O–H groups in total. The topological polar surface area (TPSA) is 24.1 Å². The van der Waals surface area contributed by atoms with E-state index in [-0.39, 0.29) is 5.82 Å². The molecule has 0 atom stereocenters. The maximum Gasteiger partial charge on any atom is 0.171 e. The van der Waals surface area contributed by atoms with Gasteiger partial charge in [-0.1, -0.05) is 29.8 Å². The number of aryl methyl sites for hydroxylation is 1. The fourth-order valence-electron chi connectivity index (χ4n) is 1.63. The van der Waals surface area contributed by atoms with Gasteiger partial charge in [-0.05, 0) is 54.5 Å². The Balaban J connectivity index is 1.89. The Labute approximate surface area is 128 Å². The van der Waals surface area contributed by atoms with Gasteiger partial charge in [-0.2, -0.15) is 0 Å². The summed E-state index contributed by atoms with van der Waals surface area (Å²) in [6.45, 7) is 2.30. The van der Waals surface area contributed by atoms with Gasteiger partial charge in [-0.25, -0.2) is 4.39 Å². The third-order valence-electron chi connectivity index (χ3n) is 2.80. The number of thiocarbonyl (C=S) groups is 1. The zero-order valence-electron chi connectivity index (χ0n) is 10.9. The minimum Gasteiger partial charge on any atom is -0.358 e. The average molecular weight is 309 g/mol. The molecule has 2 nitrogen and oxygen atoms in total. The summed E-state index contributed by atoms with van der Waals surface area (Å²) in [5.41, 5.74) is 2.30. The summed E-state index contributed by atoms with van der Waals surface area (Å²) >= 11 is 11.0. The van der Waals surface area contributed by atoms with E-state index in [1.165, 1.54) is 6.07 Å². The van der Waals surface area contributed by atoms with E-state index in [2.05, 4.69) is 10.6 Å². The fourth-order valence-corrected chi connectivity index (χ4v) is 1.95. The summed E-state index contributed by atoms with van der Waals surface area (Å²) in [6, 6.07) is 12.4. The van der Waals surface area contributed by atoms with Gasteiger partial charge in [0.25, 0.3) is 0 Å². The van der Waals surface area contributed by atoms with E-state index in [1.807, 2.05) is 24.3 Å². The van der Waals surface area contributed by atoms with Gasteiger partial charge in [-0.3, -0.25) is 0 Å². The Bertz CT molecular complexity index is 614. The van der Waals surface area contributed by atoms with E-state index in [0.29, 0.717) is 27.9 Å². The lowest BCUT2D eigenvalue weighted by atomic mass is 10.2. The van der Waals surface area contributed by atoms with Crippen molar-refractivity contribution < 1.29 is 4.39 Å². The molecule has 0 aromatic heterocycles. The van der Waals surface area contributed by atoms with Crippen molar-refractivity contribution in [1.29, 1.82) is 0 Å². The first-order valence-electron chi connectivity index (χ1n) is 6.10. The van der Waals surface area contributed by atoms with Gasteiger partial charge in [0.2, 0.25) is 0 Å². The third kappa shape index (κ3) is 4.18. The van der Waals surface area contributed by atoms with Crippen LogP contribution in [0, 0.1) is 12.7 Å². The van der Waals surface area contributed by atoms with Crippen LogP contribution in [0.15, 0.2) is 42.5 Å². The van der Waals surface area contributed by atoms with E-state index in [1.54, 1.807) is 19.1 Å². The zero-order chi connectivity index (χ0) is 14.5. The number of halogens is 2. The van der Waals surface area contributed by atoms with Crippen LogP contribution in [0.1, 0.15) is 11.1 Å². The van der Waals surface area contributed by atoms with Gasteiger partial charge in [0, 0.05) is 17.3 Å². The summed E-state index contributed by atoms with van der Waals surface area (Å²) in [4.78, 5) is 0. The lowest BCUT2D eigenvalue weighted by Gasteiger charge is -2.11. The third-order valence-corrected chi connectivity index (χ3v) is 3.29. The van der Waals surface area contributed by atoms with E-state index in [0.717, 1.165) is 5.56 Å². The van der Waals surface area contributed by atoms with Gasteiger partial charge < -0.3 is 10.6 Å². The summed E-state index contributed by atoms with van der Waals surface area (Å²) in [5, 5.41) is 7.15. The molecule has 5 heteroatoms. The van der Waals surface area contributed by atoms with Gasteiger partial charge in [0.1, 0.15) is 5.82 Å². The Hall–Kier alpha value is -1.65. The predicted molar refractivity (Wildman–Crippen MR) is 85.6 cm³/mol. The molecule has 0 bridgehead atoms. The molecule has 0 spiro atoms. The average Bonchev–Trinajstić information content (AvgIpc) is 2.42. The molecule has 0 fully saturated rings. The number of hydrogen-bond donors (Lipinski definition) is 2. The number of rotatable bonds is 3. The molecular weight excluding hydrogens is 295 g/mol. The second kappa shape index (κ2) is 6.68. The SMILES string of the molecule is Cc1ccc(NC(=S)NCc2ccc(Cl)cc2)cc1F. The number of benzene rings is 2. The highest BCUT2D eigenvalue weighted by Gasteiger charge is 2.02. The molecule has 0 heterocycles. The van der Waals surface area contributed by atoms with Crippen molar-refractivity contribution in [3.63, 3.8) is 0 Å². The monoisotopic (exact) mass is 308 g/mol. The molecule has 0 unspecified atom stereocenters. The molecule has 104 valence electrons. The summed E-state index contributed by atoms with van der Waals surface area (Å²) in [6.07, 6.45) is 0. The van der Waals surface area contributed by atoms with Crippen LogP contribution in [-0.2, 0) is 6.54 Å². The Morgan fingerprint density at radius 3 is 2.55 bits per heavy atom. The van der Waals surface area contributed by atoms with Crippen LogP contribution in [-0.4, -0.2) is 5.11 Å². The number of nitrogens with one attached hydrogen (secondary N) is 2. The molecule has 0 radical (unpaired) electrons. The lowest BCUT2D eigenvalue weighted by molar-refractivity contribution is 0.619. The first kappa shape index (κ1) is 14.8. The molecule has 0 aliphatic rings. The highest BCUT2D eigenvalue weighted by molar-refractivity contribution is 7.80. The van der Waals surface area contributed by atoms with Crippen molar-refractivity contribution in [1.82, 2.24) is 5.32 Å². The fraction of sp³-hybridized carbons (Fsp3) is 0.133. The van der Waals surface area contributed by atoms with Crippen LogP contribution in [0.2, 0.25) is 5.02 Å². The maximum absolute atomic E-state index is 13.4. The minimum absolute atomic E-state index is 0.254. The number of anilines is 1. The molecular formula is C15H14ClFN2S. The molecule has 20 heavy (non-hydrogen) atoms. The quantitative estimate of drug-likeness (QED) is 0.828. The van der Waals surface area contributed by atoms with Gasteiger partial charge in [0.15, 0.2) is 5.11 Å². The molecule has 0 amide bonds. The largest absolute Gasteiger partial charge is 0.358 e. The summed E-state index contributed by atoms with van der Waals surface area (Å²) in [7, 11) is 0. The summed E-state index contributed by atoms with van der Waals surface area (Å²) in [5.74, 6) is -0.254. The number of hydrogen-bond acceptors (Lipinski definition) is 1. The minimum atomic E-state index is -0.254. The van der Waals surface area contributed by atoms with Crippen molar-refractivity contribution in [2.75, 3.05) is 5.32 Å². The van der Waals surface area contributed by atoms with E-state index in [9.17, 15) is 4.39 Å². The van der Waals surface area contributed by atoms with Gasteiger partial charge >= 0.3 is 0 Å². The highest BCUT2D eigenvalue weighted by atomic mass is 35.5. The smallest absolute Gasteiger partial charge is 0.171 e. The highest BCUT2D eigenvalue weighted by Crippen LogP contribution is 2.13. The van der Waals surface area contributed by atoms with Crippen molar-refractivity contribution in [2.24, 2.45) is 0 Å². The zero-order valence-corrected chi connectivity index (χ0v) is 12.5. The normalized spacial score (nSPS) is 10.2. The van der Waals surface area contributed by atoms with Crippen LogP contribution in [0.5, 0.6) is 0 Å². The van der Waals surface area contributed by atoms with Gasteiger partial charge in [-0.15, -0.1) is 0 Å². The van der Waals surface area contributed by atoms with Crippen molar-refractivity contribution in [3.05, 3.63) is 64.4 Å². The van der Waals surface area contributed by atoms with Crippen molar-refractivity contribution >= 4 is 34.6 Å². The van der Waals surface area contributed by atoms with Crippen LogP contribution >= 0.6 is 23.8 Å². The van der Waals surface area contributed by atoms with E-state index >= 15 is 0 Å². The van der Waals surface area contributed by atoms with Crippen LogP contribution in [0.4, 0.5) is 10.1 Å². The van der Waals surface area contributed by atoms with Crippen LogP contribution < -0.4 is 10.6 Å². The summed E-state index contributed by atoms with van der Waals surface area (Å²) < 4.78 is 13.4. The van der Waals surface area contributed by atoms with Crippen LogP contribution in [0.25, 0.3) is 0 Å².